The number of carbonyl (C=O) groups is 2. The normalized spacial score (nSPS) is 20.3. The van der Waals surface area contributed by atoms with Gasteiger partial charge in [0.15, 0.2) is 11.5 Å². The van der Waals surface area contributed by atoms with E-state index in [0.29, 0.717) is 41.0 Å². The smallest absolute Gasteiger partial charge is 0.325 e. The highest BCUT2D eigenvalue weighted by Crippen LogP contribution is 2.37. The third-order valence-corrected chi connectivity index (χ3v) is 6.35. The summed E-state index contributed by atoms with van der Waals surface area (Å²) in [7, 11) is 0. The third-order valence-electron chi connectivity index (χ3n) is 5.85. The van der Waals surface area contributed by atoms with E-state index in [4.69, 9.17) is 21.1 Å². The molecule has 8 heteroatoms. The van der Waals surface area contributed by atoms with Crippen molar-refractivity contribution in [2.75, 3.05) is 13.2 Å². The molecule has 0 unspecified atom stereocenters. The summed E-state index contributed by atoms with van der Waals surface area (Å²) in [4.78, 5) is 31.9. The van der Waals surface area contributed by atoms with Gasteiger partial charge < -0.3 is 14.8 Å². The number of hydrogen-bond acceptors (Lipinski definition) is 5. The number of amides is 3. The second-order valence-electron chi connectivity index (χ2n) is 7.82. The number of pyridine rings is 1. The molecule has 0 spiro atoms. The molecule has 158 valence electrons. The lowest BCUT2D eigenvalue weighted by atomic mass is 9.91. The molecule has 0 saturated carbocycles. The standard InChI is InChI=1S/C23H20ClN3O4/c1-13-15-5-3-4-6-16(15)25-17(20(13)24)12-27-21(28)23(2,26-22(27)29)14-7-8-18-19(11-14)31-10-9-30-18/h3-8,11H,9-10,12H2,1-2H3,(H,26,29)/t23-/m1/s1. The fourth-order valence-electron chi connectivity index (χ4n) is 4.06. The first kappa shape index (κ1) is 19.6. The molecule has 1 N–H and O–H groups in total. The highest BCUT2D eigenvalue weighted by Gasteiger charge is 2.49. The number of para-hydroxylation sites is 1. The zero-order valence-corrected chi connectivity index (χ0v) is 17.8. The first-order valence-corrected chi connectivity index (χ1v) is 10.3. The van der Waals surface area contributed by atoms with Crippen LogP contribution in [0.15, 0.2) is 42.5 Å². The molecule has 3 amide bonds. The van der Waals surface area contributed by atoms with Crippen LogP contribution >= 0.6 is 11.6 Å². The van der Waals surface area contributed by atoms with Crippen molar-refractivity contribution in [2.24, 2.45) is 0 Å². The Morgan fingerprint density at radius 2 is 1.87 bits per heavy atom. The molecule has 7 nitrogen and oxygen atoms in total. The number of ether oxygens (including phenoxy) is 2. The van der Waals surface area contributed by atoms with Crippen LogP contribution in [0, 0.1) is 6.92 Å². The van der Waals surface area contributed by atoms with Gasteiger partial charge in [-0.1, -0.05) is 35.9 Å². The minimum Gasteiger partial charge on any atom is -0.486 e. The fraction of sp³-hybridized carbons (Fsp3) is 0.261. The van der Waals surface area contributed by atoms with Crippen molar-refractivity contribution in [2.45, 2.75) is 25.9 Å². The van der Waals surface area contributed by atoms with Crippen LogP contribution in [0.4, 0.5) is 4.79 Å². The average Bonchev–Trinajstić information content (AvgIpc) is 3.00. The minimum atomic E-state index is -1.23. The van der Waals surface area contributed by atoms with Crippen molar-refractivity contribution in [3.05, 3.63) is 64.3 Å². The Labute approximate surface area is 183 Å². The van der Waals surface area contributed by atoms with E-state index in [1.807, 2.05) is 31.2 Å². The molecule has 2 aromatic carbocycles. The summed E-state index contributed by atoms with van der Waals surface area (Å²) in [6.45, 7) is 4.48. The van der Waals surface area contributed by atoms with Crippen LogP contribution in [0.25, 0.3) is 10.9 Å². The zero-order valence-electron chi connectivity index (χ0n) is 17.1. The molecular formula is C23H20ClN3O4. The van der Waals surface area contributed by atoms with Gasteiger partial charge in [0.05, 0.1) is 22.8 Å². The Morgan fingerprint density at radius 1 is 1.13 bits per heavy atom. The summed E-state index contributed by atoms with van der Waals surface area (Å²) in [6, 6.07) is 12.4. The van der Waals surface area contributed by atoms with Crippen molar-refractivity contribution < 1.29 is 19.1 Å². The maximum Gasteiger partial charge on any atom is 0.325 e. The minimum absolute atomic E-state index is 0.0185. The van der Waals surface area contributed by atoms with E-state index in [0.717, 1.165) is 21.4 Å². The van der Waals surface area contributed by atoms with Gasteiger partial charge in [-0.3, -0.25) is 9.69 Å². The molecular weight excluding hydrogens is 418 g/mol. The largest absolute Gasteiger partial charge is 0.486 e. The van der Waals surface area contributed by atoms with Gasteiger partial charge in [0.2, 0.25) is 0 Å². The Kier molecular flexibility index (Phi) is 4.51. The second kappa shape index (κ2) is 7.13. The molecule has 1 saturated heterocycles. The monoisotopic (exact) mass is 437 g/mol. The first-order chi connectivity index (χ1) is 14.9. The first-order valence-electron chi connectivity index (χ1n) is 9.96. The number of halogens is 1. The highest BCUT2D eigenvalue weighted by atomic mass is 35.5. The van der Waals surface area contributed by atoms with Crippen LogP contribution in [0.1, 0.15) is 23.7 Å². The zero-order chi connectivity index (χ0) is 21.8. The number of carbonyl (C=O) groups excluding carboxylic acids is 2. The molecule has 31 heavy (non-hydrogen) atoms. The molecule has 5 rings (SSSR count). The van der Waals surface area contributed by atoms with Gasteiger partial charge >= 0.3 is 6.03 Å². The quantitative estimate of drug-likeness (QED) is 0.628. The van der Waals surface area contributed by atoms with E-state index in [1.54, 1.807) is 25.1 Å². The number of rotatable bonds is 3. The van der Waals surface area contributed by atoms with Crippen LogP contribution in [0.5, 0.6) is 11.5 Å². The van der Waals surface area contributed by atoms with Crippen LogP contribution in [0.3, 0.4) is 0 Å². The lowest BCUT2D eigenvalue weighted by molar-refractivity contribution is -0.131. The highest BCUT2D eigenvalue weighted by molar-refractivity contribution is 6.32. The number of hydrogen-bond donors (Lipinski definition) is 1. The number of nitrogens with zero attached hydrogens (tertiary/aromatic N) is 2. The van der Waals surface area contributed by atoms with Gasteiger partial charge in [0.1, 0.15) is 18.8 Å². The van der Waals surface area contributed by atoms with Gasteiger partial charge in [-0.25, -0.2) is 9.78 Å². The third kappa shape index (κ3) is 3.08. The number of aromatic nitrogens is 1. The van der Waals surface area contributed by atoms with Crippen molar-refractivity contribution in [3.8, 4) is 11.5 Å². The molecule has 0 aliphatic carbocycles. The summed E-state index contributed by atoms with van der Waals surface area (Å²) in [5.74, 6) is 0.799. The average molecular weight is 438 g/mol. The van der Waals surface area contributed by atoms with Gasteiger partial charge in [0.25, 0.3) is 5.91 Å². The number of aryl methyl sites for hydroxylation is 1. The Bertz CT molecular complexity index is 1240. The number of benzene rings is 2. The SMILES string of the molecule is Cc1c(Cl)c(CN2C(=O)N[C@](C)(c3ccc4c(c3)OCCO4)C2=O)nc2ccccc12. The molecule has 2 aliphatic rings. The predicted octanol–water partition coefficient (Wildman–Crippen LogP) is 3.94. The molecule has 1 fully saturated rings. The van der Waals surface area contributed by atoms with Crippen LogP contribution < -0.4 is 14.8 Å². The predicted molar refractivity (Wildman–Crippen MR) is 115 cm³/mol. The number of fused-ring (bicyclic) bond motifs is 2. The van der Waals surface area contributed by atoms with Gasteiger partial charge in [0, 0.05) is 5.39 Å². The Balaban J connectivity index is 1.48. The molecule has 2 aliphatic heterocycles. The lowest BCUT2D eigenvalue weighted by Crippen LogP contribution is -2.41. The van der Waals surface area contributed by atoms with E-state index < -0.39 is 11.6 Å². The van der Waals surface area contributed by atoms with Crippen molar-refractivity contribution in [1.82, 2.24) is 15.2 Å². The summed E-state index contributed by atoms with van der Waals surface area (Å²) in [5.41, 5.74) is 1.50. The molecule has 1 atom stereocenters. The Morgan fingerprint density at radius 3 is 2.68 bits per heavy atom. The maximum absolute atomic E-state index is 13.4. The van der Waals surface area contributed by atoms with Crippen molar-refractivity contribution in [3.63, 3.8) is 0 Å². The number of nitrogens with one attached hydrogen (secondary N) is 1. The summed E-state index contributed by atoms with van der Waals surface area (Å²) >= 11 is 6.55. The van der Waals surface area contributed by atoms with Crippen molar-refractivity contribution in [1.29, 1.82) is 0 Å². The summed E-state index contributed by atoms with van der Waals surface area (Å²) in [5, 5.41) is 4.21. The topological polar surface area (TPSA) is 80.8 Å². The number of imide groups is 1. The second-order valence-corrected chi connectivity index (χ2v) is 8.20. The van der Waals surface area contributed by atoms with E-state index in [2.05, 4.69) is 10.3 Å². The van der Waals surface area contributed by atoms with Gasteiger partial charge in [-0.2, -0.15) is 0 Å². The molecule has 1 aromatic heterocycles. The van der Waals surface area contributed by atoms with Crippen LogP contribution in [0.2, 0.25) is 5.02 Å². The molecule has 3 aromatic rings. The van der Waals surface area contributed by atoms with Crippen LogP contribution in [-0.2, 0) is 16.9 Å². The summed E-state index contributed by atoms with van der Waals surface area (Å²) < 4.78 is 11.2. The van der Waals surface area contributed by atoms with E-state index >= 15 is 0 Å². The Hall–Kier alpha value is -3.32. The van der Waals surface area contributed by atoms with Crippen LogP contribution in [-0.4, -0.2) is 35.0 Å². The molecule has 3 heterocycles. The molecule has 0 bridgehead atoms. The van der Waals surface area contributed by atoms with Gasteiger partial charge in [-0.05, 0) is 43.2 Å². The number of urea groups is 1. The summed E-state index contributed by atoms with van der Waals surface area (Å²) in [6.07, 6.45) is 0. The van der Waals surface area contributed by atoms with Crippen molar-refractivity contribution >= 4 is 34.4 Å². The van der Waals surface area contributed by atoms with E-state index in [9.17, 15) is 9.59 Å². The lowest BCUT2D eigenvalue weighted by Gasteiger charge is -2.25. The maximum atomic E-state index is 13.4. The van der Waals surface area contributed by atoms with E-state index in [1.165, 1.54) is 0 Å². The van der Waals surface area contributed by atoms with E-state index in [-0.39, 0.29) is 12.5 Å². The fourth-order valence-corrected chi connectivity index (χ4v) is 4.27. The van der Waals surface area contributed by atoms with Gasteiger partial charge in [-0.15, -0.1) is 0 Å². The molecule has 0 radical (unpaired) electrons.